The fourth-order valence-corrected chi connectivity index (χ4v) is 3.21. The summed E-state index contributed by atoms with van der Waals surface area (Å²) in [6.07, 6.45) is 0. The van der Waals surface area contributed by atoms with Crippen molar-refractivity contribution in [2.24, 2.45) is 0 Å². The highest BCUT2D eigenvalue weighted by molar-refractivity contribution is 7.91. The Hall–Kier alpha value is -0.900. The molecule has 0 bridgehead atoms. The molecule has 0 aliphatic carbocycles. The highest BCUT2D eigenvalue weighted by atomic mass is 32.2. The third kappa shape index (κ3) is 8.50. The van der Waals surface area contributed by atoms with Crippen LogP contribution in [-0.4, -0.2) is 89.6 Å². The Morgan fingerprint density at radius 2 is 1.70 bits per heavy atom. The standard InChI is InChI=1S/C14H28N2O6S/c1-14(2)12-16(13(17)15-14)4-10-23(18,19)11-9-22-8-7-21-6-5-20-3/h4-12H2,1-3H3,(H,15,17). The van der Waals surface area contributed by atoms with E-state index in [1.807, 2.05) is 13.8 Å². The van der Waals surface area contributed by atoms with Crippen LogP contribution in [0, 0.1) is 0 Å². The Kier molecular flexibility index (Phi) is 8.24. The van der Waals surface area contributed by atoms with Gasteiger partial charge in [0.2, 0.25) is 0 Å². The van der Waals surface area contributed by atoms with Crippen LogP contribution in [0.25, 0.3) is 0 Å². The topological polar surface area (TPSA) is 94.2 Å². The molecule has 23 heavy (non-hydrogen) atoms. The zero-order chi connectivity index (χ0) is 17.3. The van der Waals surface area contributed by atoms with Gasteiger partial charge in [-0.15, -0.1) is 0 Å². The smallest absolute Gasteiger partial charge is 0.317 e. The molecule has 0 aromatic heterocycles. The largest absolute Gasteiger partial charge is 0.382 e. The molecule has 0 aromatic rings. The maximum Gasteiger partial charge on any atom is 0.317 e. The first-order chi connectivity index (χ1) is 10.8. The lowest BCUT2D eigenvalue weighted by atomic mass is 10.1. The second-order valence-electron chi connectivity index (χ2n) is 6.10. The molecule has 0 spiro atoms. The second-order valence-corrected chi connectivity index (χ2v) is 8.41. The normalized spacial score (nSPS) is 17.5. The molecule has 1 rings (SSSR count). The van der Waals surface area contributed by atoms with Gasteiger partial charge in [-0.3, -0.25) is 0 Å². The minimum Gasteiger partial charge on any atom is -0.382 e. The summed E-state index contributed by atoms with van der Waals surface area (Å²) in [6.45, 7) is 6.43. The number of sulfone groups is 1. The van der Waals surface area contributed by atoms with Gasteiger partial charge in [-0.2, -0.15) is 0 Å². The Morgan fingerprint density at radius 1 is 1.09 bits per heavy atom. The van der Waals surface area contributed by atoms with Crippen LogP contribution in [0.5, 0.6) is 0 Å². The monoisotopic (exact) mass is 352 g/mol. The molecule has 1 aliphatic rings. The molecule has 0 unspecified atom stereocenters. The van der Waals surface area contributed by atoms with Gasteiger partial charge in [0.25, 0.3) is 0 Å². The molecule has 2 amide bonds. The van der Waals surface area contributed by atoms with E-state index >= 15 is 0 Å². The summed E-state index contributed by atoms with van der Waals surface area (Å²) >= 11 is 0. The van der Waals surface area contributed by atoms with Crippen molar-refractivity contribution in [2.45, 2.75) is 19.4 Å². The summed E-state index contributed by atoms with van der Waals surface area (Å²) < 4.78 is 39.2. The van der Waals surface area contributed by atoms with Gasteiger partial charge in [-0.1, -0.05) is 0 Å². The van der Waals surface area contributed by atoms with E-state index in [9.17, 15) is 13.2 Å². The summed E-state index contributed by atoms with van der Waals surface area (Å²) in [5.74, 6) is -0.103. The summed E-state index contributed by atoms with van der Waals surface area (Å²) in [7, 11) is -1.64. The molecule has 136 valence electrons. The molecule has 1 heterocycles. The molecule has 8 nitrogen and oxygen atoms in total. The van der Waals surface area contributed by atoms with Gasteiger partial charge in [0.15, 0.2) is 9.84 Å². The van der Waals surface area contributed by atoms with Crippen LogP contribution < -0.4 is 5.32 Å². The van der Waals surface area contributed by atoms with Gasteiger partial charge in [-0.25, -0.2) is 13.2 Å². The quantitative estimate of drug-likeness (QED) is 0.492. The molecular formula is C14H28N2O6S. The first-order valence-electron chi connectivity index (χ1n) is 7.68. The minimum atomic E-state index is -3.24. The van der Waals surface area contributed by atoms with Gasteiger partial charge in [-0.05, 0) is 13.8 Å². The number of methoxy groups -OCH3 is 1. The highest BCUT2D eigenvalue weighted by Gasteiger charge is 2.34. The van der Waals surface area contributed by atoms with Crippen molar-refractivity contribution in [3.05, 3.63) is 0 Å². The lowest BCUT2D eigenvalue weighted by Gasteiger charge is -2.17. The SMILES string of the molecule is COCCOCCOCCS(=O)(=O)CCN1CC(C)(C)NC1=O. The van der Waals surface area contributed by atoms with E-state index < -0.39 is 9.84 Å². The van der Waals surface area contributed by atoms with Crippen LogP contribution >= 0.6 is 0 Å². The van der Waals surface area contributed by atoms with E-state index in [1.54, 1.807) is 7.11 Å². The predicted octanol–water partition coefficient (Wildman–Crippen LogP) is -0.115. The lowest BCUT2D eigenvalue weighted by molar-refractivity contribution is 0.0284. The molecule has 0 aromatic carbocycles. The number of amides is 2. The zero-order valence-electron chi connectivity index (χ0n) is 14.2. The van der Waals surface area contributed by atoms with Crippen molar-refractivity contribution in [3.63, 3.8) is 0 Å². The molecule has 1 aliphatic heterocycles. The van der Waals surface area contributed by atoms with Crippen LogP contribution in [0.1, 0.15) is 13.8 Å². The average Bonchev–Trinajstić information content (AvgIpc) is 2.72. The first kappa shape index (κ1) is 20.1. The summed E-state index contributed by atoms with van der Waals surface area (Å²) in [5, 5.41) is 2.80. The predicted molar refractivity (Wildman–Crippen MR) is 86.4 cm³/mol. The summed E-state index contributed by atoms with van der Waals surface area (Å²) in [5.41, 5.74) is -0.313. The van der Waals surface area contributed by atoms with E-state index in [0.717, 1.165) is 0 Å². The van der Waals surface area contributed by atoms with Crippen molar-refractivity contribution in [1.29, 1.82) is 0 Å². The Bertz CT molecular complexity index is 466. The van der Waals surface area contributed by atoms with Crippen molar-refractivity contribution in [2.75, 3.05) is 64.7 Å². The van der Waals surface area contributed by atoms with Gasteiger partial charge in [0, 0.05) is 20.2 Å². The molecule has 0 atom stereocenters. The van der Waals surface area contributed by atoms with Gasteiger partial charge in [0.05, 0.1) is 50.1 Å². The first-order valence-corrected chi connectivity index (χ1v) is 9.50. The number of carbonyl (C=O) groups excluding carboxylic acids is 1. The molecule has 0 saturated carbocycles. The summed E-state index contributed by atoms with van der Waals surface area (Å²) in [6, 6.07) is -0.213. The fourth-order valence-electron chi connectivity index (χ4n) is 2.14. The number of urea groups is 1. The van der Waals surface area contributed by atoms with E-state index in [4.69, 9.17) is 14.2 Å². The number of nitrogens with one attached hydrogen (secondary N) is 1. The Morgan fingerprint density at radius 3 is 2.26 bits per heavy atom. The summed E-state index contributed by atoms with van der Waals surface area (Å²) in [4.78, 5) is 13.2. The van der Waals surface area contributed by atoms with Gasteiger partial charge in [0.1, 0.15) is 0 Å². The third-order valence-electron chi connectivity index (χ3n) is 3.33. The van der Waals surface area contributed by atoms with Crippen LogP contribution in [0.15, 0.2) is 0 Å². The Balaban J connectivity index is 2.13. The average molecular weight is 352 g/mol. The molecule has 1 saturated heterocycles. The number of hydrogen-bond acceptors (Lipinski definition) is 6. The fraction of sp³-hybridized carbons (Fsp3) is 0.929. The van der Waals surface area contributed by atoms with E-state index in [1.165, 1.54) is 4.90 Å². The molecular weight excluding hydrogens is 324 g/mol. The van der Waals surface area contributed by atoms with E-state index in [-0.39, 0.29) is 36.2 Å². The van der Waals surface area contributed by atoms with Crippen LogP contribution in [0.4, 0.5) is 4.79 Å². The van der Waals surface area contributed by atoms with E-state index in [2.05, 4.69) is 5.32 Å². The second kappa shape index (κ2) is 9.41. The van der Waals surface area contributed by atoms with Gasteiger partial charge >= 0.3 is 6.03 Å². The van der Waals surface area contributed by atoms with Crippen LogP contribution in [-0.2, 0) is 24.0 Å². The van der Waals surface area contributed by atoms with Crippen molar-refractivity contribution < 1.29 is 27.4 Å². The van der Waals surface area contributed by atoms with Crippen molar-refractivity contribution in [1.82, 2.24) is 10.2 Å². The van der Waals surface area contributed by atoms with Crippen molar-refractivity contribution in [3.8, 4) is 0 Å². The number of ether oxygens (including phenoxy) is 3. The van der Waals surface area contributed by atoms with Crippen LogP contribution in [0.3, 0.4) is 0 Å². The molecule has 0 radical (unpaired) electrons. The number of carbonyl (C=O) groups is 1. The Labute approximate surface area is 138 Å². The van der Waals surface area contributed by atoms with E-state index in [0.29, 0.717) is 33.0 Å². The molecule has 1 fully saturated rings. The molecule has 1 N–H and O–H groups in total. The number of hydrogen-bond donors (Lipinski definition) is 1. The maximum atomic E-state index is 11.9. The lowest BCUT2D eigenvalue weighted by Crippen LogP contribution is -2.36. The van der Waals surface area contributed by atoms with Crippen LogP contribution in [0.2, 0.25) is 0 Å². The van der Waals surface area contributed by atoms with Crippen molar-refractivity contribution >= 4 is 15.9 Å². The highest BCUT2D eigenvalue weighted by Crippen LogP contribution is 2.14. The van der Waals surface area contributed by atoms with Gasteiger partial charge < -0.3 is 24.4 Å². The maximum absolute atomic E-state index is 11.9. The zero-order valence-corrected chi connectivity index (χ0v) is 15.0. The minimum absolute atomic E-state index is 0.0514. The molecule has 9 heteroatoms. The third-order valence-corrected chi connectivity index (χ3v) is 4.93. The number of rotatable bonds is 12. The number of nitrogens with zero attached hydrogens (tertiary/aromatic N) is 1.